The fraction of sp³-hybridized carbons (Fsp3) is 0.529. The third-order valence-electron chi connectivity index (χ3n) is 5.16. The lowest BCUT2D eigenvalue weighted by Gasteiger charge is -2.47. The van der Waals surface area contributed by atoms with Crippen molar-refractivity contribution < 1.29 is 18.0 Å². The molecule has 0 N–H and O–H groups in total. The number of benzene rings is 1. The van der Waals surface area contributed by atoms with Crippen LogP contribution in [0.25, 0.3) is 0 Å². The van der Waals surface area contributed by atoms with Crippen LogP contribution >= 0.6 is 0 Å². The molecule has 0 unspecified atom stereocenters. The lowest BCUT2D eigenvalue weighted by molar-refractivity contribution is -0.161. The van der Waals surface area contributed by atoms with Crippen molar-refractivity contribution in [2.45, 2.75) is 37.8 Å². The zero-order valence-corrected chi connectivity index (χ0v) is 15.7. The zero-order chi connectivity index (χ0) is 18.5. The minimum Gasteiger partial charge on any atom is -0.332 e. The molecule has 2 fully saturated rings. The molecule has 2 atom stereocenters. The molecule has 0 saturated carbocycles. The van der Waals surface area contributed by atoms with E-state index in [0.29, 0.717) is 5.56 Å². The van der Waals surface area contributed by atoms with Gasteiger partial charge < -0.3 is 9.80 Å². The van der Waals surface area contributed by atoms with Crippen LogP contribution in [-0.4, -0.2) is 73.1 Å². The minimum absolute atomic E-state index is 0.00263. The summed E-state index contributed by atoms with van der Waals surface area (Å²) in [5.41, 5.74) is 1.53. The van der Waals surface area contributed by atoms with Gasteiger partial charge in [-0.3, -0.25) is 9.59 Å². The number of nitrogens with zero attached hydrogens (tertiary/aromatic N) is 3. The molecule has 0 spiro atoms. The maximum Gasteiger partial charge on any atom is 0.247 e. The molecule has 0 bridgehead atoms. The Kier molecular flexibility index (Phi) is 4.36. The maximum atomic E-state index is 13.1. The number of carbonyl (C=O) groups is 2. The molecule has 3 rings (SSSR count). The number of rotatable bonds is 2. The summed E-state index contributed by atoms with van der Waals surface area (Å²) in [6.07, 6.45) is 0. The quantitative estimate of drug-likeness (QED) is 0.758. The van der Waals surface area contributed by atoms with Gasteiger partial charge in [0.05, 0.1) is 4.90 Å². The Morgan fingerprint density at radius 3 is 2.44 bits per heavy atom. The van der Waals surface area contributed by atoms with Crippen LogP contribution in [0.4, 0.5) is 0 Å². The largest absolute Gasteiger partial charge is 0.332 e. The van der Waals surface area contributed by atoms with Gasteiger partial charge in [-0.05, 0) is 38.0 Å². The molecule has 2 aliphatic rings. The molecule has 0 radical (unpaired) electrons. The molecule has 136 valence electrons. The Bertz CT molecular complexity index is 836. The summed E-state index contributed by atoms with van der Waals surface area (Å²) in [4.78, 5) is 28.1. The van der Waals surface area contributed by atoms with Gasteiger partial charge in [-0.15, -0.1) is 0 Å². The standard InChI is InChI=1S/C17H23N3O4S/c1-11-5-6-12(2)15(9-11)25(23,24)19-7-8-20-14(10-19)17(22)18(4)13(3)16(20)21/h5-6,9,13-14H,7-8,10H2,1-4H3/t13-,14+/m0/s1. The highest BCUT2D eigenvalue weighted by Crippen LogP contribution is 2.27. The fourth-order valence-corrected chi connectivity index (χ4v) is 5.15. The Morgan fingerprint density at radius 1 is 1.08 bits per heavy atom. The number of amides is 2. The lowest BCUT2D eigenvalue weighted by atomic mass is 10.0. The van der Waals surface area contributed by atoms with Crippen molar-refractivity contribution >= 4 is 21.8 Å². The van der Waals surface area contributed by atoms with E-state index < -0.39 is 22.1 Å². The van der Waals surface area contributed by atoms with E-state index in [4.69, 9.17) is 0 Å². The molecule has 2 saturated heterocycles. The first kappa shape index (κ1) is 17.9. The number of piperazine rings is 2. The van der Waals surface area contributed by atoms with E-state index in [1.54, 1.807) is 33.0 Å². The topological polar surface area (TPSA) is 78.0 Å². The summed E-state index contributed by atoms with van der Waals surface area (Å²) in [5, 5.41) is 0. The van der Waals surface area contributed by atoms with E-state index in [9.17, 15) is 18.0 Å². The van der Waals surface area contributed by atoms with E-state index in [1.807, 2.05) is 13.0 Å². The van der Waals surface area contributed by atoms with Crippen LogP contribution in [0.5, 0.6) is 0 Å². The Balaban J connectivity index is 1.92. The van der Waals surface area contributed by atoms with Crippen LogP contribution in [-0.2, 0) is 19.6 Å². The van der Waals surface area contributed by atoms with Gasteiger partial charge >= 0.3 is 0 Å². The summed E-state index contributed by atoms with van der Waals surface area (Å²) in [5.74, 6) is -0.344. The van der Waals surface area contributed by atoms with E-state index in [2.05, 4.69) is 0 Å². The Hall–Kier alpha value is -1.93. The van der Waals surface area contributed by atoms with Gasteiger partial charge in [0.15, 0.2) is 0 Å². The van der Waals surface area contributed by atoms with Gasteiger partial charge in [-0.2, -0.15) is 4.31 Å². The van der Waals surface area contributed by atoms with Crippen molar-refractivity contribution in [3.63, 3.8) is 0 Å². The van der Waals surface area contributed by atoms with Gasteiger partial charge in [-0.25, -0.2) is 8.42 Å². The van der Waals surface area contributed by atoms with Gasteiger partial charge in [0.2, 0.25) is 21.8 Å². The second-order valence-electron chi connectivity index (χ2n) is 6.80. The highest BCUT2D eigenvalue weighted by Gasteiger charge is 2.47. The normalized spacial score (nSPS) is 25.3. The zero-order valence-electron chi connectivity index (χ0n) is 14.9. The van der Waals surface area contributed by atoms with Crippen molar-refractivity contribution in [1.82, 2.24) is 14.1 Å². The number of likely N-dealkylation sites (N-methyl/N-ethyl adjacent to an activating group) is 1. The summed E-state index contributed by atoms with van der Waals surface area (Å²) >= 11 is 0. The number of hydrogen-bond donors (Lipinski definition) is 0. The van der Waals surface area contributed by atoms with Crippen LogP contribution in [0.3, 0.4) is 0 Å². The Morgan fingerprint density at radius 2 is 1.76 bits per heavy atom. The van der Waals surface area contributed by atoms with Crippen LogP contribution in [0.1, 0.15) is 18.1 Å². The highest BCUT2D eigenvalue weighted by molar-refractivity contribution is 7.89. The van der Waals surface area contributed by atoms with Gasteiger partial charge in [0.25, 0.3) is 0 Å². The number of sulfonamides is 1. The minimum atomic E-state index is -3.71. The third-order valence-corrected chi connectivity index (χ3v) is 7.17. The van der Waals surface area contributed by atoms with Crippen LogP contribution in [0.2, 0.25) is 0 Å². The van der Waals surface area contributed by atoms with Crippen molar-refractivity contribution in [3.05, 3.63) is 29.3 Å². The molecular weight excluding hydrogens is 342 g/mol. The fourth-order valence-electron chi connectivity index (χ4n) is 3.41. The SMILES string of the molecule is Cc1ccc(C)c(S(=O)(=O)N2CCN3C(=O)[C@H](C)N(C)C(=O)[C@H]3C2)c1. The molecule has 0 aromatic heterocycles. The number of carbonyl (C=O) groups excluding carboxylic acids is 2. The molecule has 8 heteroatoms. The van der Waals surface area contributed by atoms with Crippen molar-refractivity contribution in [1.29, 1.82) is 0 Å². The average Bonchev–Trinajstić information content (AvgIpc) is 2.59. The number of fused-ring (bicyclic) bond motifs is 1. The molecular formula is C17H23N3O4S. The second-order valence-corrected chi connectivity index (χ2v) is 8.71. The second kappa shape index (κ2) is 6.10. The summed E-state index contributed by atoms with van der Waals surface area (Å²) in [7, 11) is -2.13. The van der Waals surface area contributed by atoms with Crippen molar-refractivity contribution in [3.8, 4) is 0 Å². The third kappa shape index (κ3) is 2.83. The number of hydrogen-bond acceptors (Lipinski definition) is 4. The van der Waals surface area contributed by atoms with Gasteiger partial charge in [0.1, 0.15) is 12.1 Å². The summed E-state index contributed by atoms with van der Waals surface area (Å²) in [6, 6.07) is 4.04. The first-order valence-electron chi connectivity index (χ1n) is 8.29. The molecule has 1 aromatic carbocycles. The molecule has 2 amide bonds. The van der Waals surface area contributed by atoms with Gasteiger partial charge in [-0.1, -0.05) is 12.1 Å². The monoisotopic (exact) mass is 365 g/mol. The first-order valence-corrected chi connectivity index (χ1v) is 9.73. The molecule has 2 aliphatic heterocycles. The van der Waals surface area contributed by atoms with Crippen LogP contribution in [0.15, 0.2) is 23.1 Å². The first-order chi connectivity index (χ1) is 11.6. The number of aryl methyl sites for hydroxylation is 2. The van der Waals surface area contributed by atoms with E-state index >= 15 is 0 Å². The van der Waals surface area contributed by atoms with Gasteiger partial charge in [0, 0.05) is 26.7 Å². The van der Waals surface area contributed by atoms with E-state index in [1.165, 1.54) is 14.1 Å². The summed E-state index contributed by atoms with van der Waals surface area (Å²) < 4.78 is 27.5. The van der Waals surface area contributed by atoms with E-state index in [0.717, 1.165) is 5.56 Å². The highest BCUT2D eigenvalue weighted by atomic mass is 32.2. The smallest absolute Gasteiger partial charge is 0.247 e. The maximum absolute atomic E-state index is 13.1. The molecule has 7 nitrogen and oxygen atoms in total. The van der Waals surface area contributed by atoms with Crippen molar-refractivity contribution in [2.75, 3.05) is 26.7 Å². The van der Waals surface area contributed by atoms with Crippen LogP contribution in [0, 0.1) is 13.8 Å². The van der Waals surface area contributed by atoms with E-state index in [-0.39, 0.29) is 36.3 Å². The predicted molar refractivity (Wildman–Crippen MR) is 92.4 cm³/mol. The van der Waals surface area contributed by atoms with Crippen molar-refractivity contribution in [2.24, 2.45) is 0 Å². The summed E-state index contributed by atoms with van der Waals surface area (Å²) in [6.45, 7) is 5.72. The molecule has 2 heterocycles. The Labute approximate surface area is 148 Å². The molecule has 1 aromatic rings. The average molecular weight is 365 g/mol. The predicted octanol–water partition coefficient (Wildman–Crippen LogP) is 0.365. The molecule has 0 aliphatic carbocycles. The molecule has 25 heavy (non-hydrogen) atoms. The lowest BCUT2D eigenvalue weighted by Crippen LogP contribution is -2.69. The van der Waals surface area contributed by atoms with Crippen LogP contribution < -0.4 is 0 Å².